The third-order valence-corrected chi connectivity index (χ3v) is 6.80. The first kappa shape index (κ1) is 21.4. The summed E-state index contributed by atoms with van der Waals surface area (Å²) >= 11 is 1.65. The SMILES string of the molecule is COc1ccccc1SCC(C)C1CC(=O)C(c2c(C)cc(C)cc2C)C(=O)O1. The summed E-state index contributed by atoms with van der Waals surface area (Å²) in [5.41, 5.74) is 3.87. The van der Waals surface area contributed by atoms with Gasteiger partial charge in [0, 0.05) is 23.0 Å². The lowest BCUT2D eigenvalue weighted by molar-refractivity contribution is -0.162. The van der Waals surface area contributed by atoms with E-state index >= 15 is 0 Å². The minimum Gasteiger partial charge on any atom is -0.496 e. The van der Waals surface area contributed by atoms with Crippen LogP contribution in [0.3, 0.4) is 0 Å². The molecule has 154 valence electrons. The molecule has 0 aliphatic carbocycles. The van der Waals surface area contributed by atoms with Crippen molar-refractivity contribution in [3.63, 3.8) is 0 Å². The van der Waals surface area contributed by atoms with Crippen molar-refractivity contribution in [3.05, 3.63) is 58.7 Å². The zero-order valence-corrected chi connectivity index (χ0v) is 18.5. The Balaban J connectivity index is 1.70. The number of carbonyl (C=O) groups excluding carboxylic acids is 2. The fraction of sp³-hybridized carbons (Fsp3) is 0.417. The molecule has 0 aromatic heterocycles. The highest BCUT2D eigenvalue weighted by atomic mass is 32.2. The molecule has 1 heterocycles. The average Bonchev–Trinajstić information content (AvgIpc) is 2.67. The van der Waals surface area contributed by atoms with E-state index in [-0.39, 0.29) is 24.2 Å². The molecule has 2 aromatic rings. The number of Topliss-reactive ketones (excluding diaryl/α,β-unsaturated/α-hetero) is 1. The van der Waals surface area contributed by atoms with Gasteiger partial charge >= 0.3 is 5.97 Å². The molecule has 1 aliphatic heterocycles. The van der Waals surface area contributed by atoms with Crippen LogP contribution in [0.4, 0.5) is 0 Å². The first-order chi connectivity index (χ1) is 13.8. The third-order valence-electron chi connectivity index (χ3n) is 5.46. The molecule has 0 amide bonds. The van der Waals surface area contributed by atoms with Gasteiger partial charge in [-0.15, -0.1) is 11.8 Å². The van der Waals surface area contributed by atoms with E-state index in [1.807, 2.05) is 64.1 Å². The molecule has 5 heteroatoms. The molecule has 4 nitrogen and oxygen atoms in total. The topological polar surface area (TPSA) is 52.6 Å². The van der Waals surface area contributed by atoms with Gasteiger partial charge in [0.05, 0.1) is 7.11 Å². The standard InChI is InChI=1S/C24H28O4S/c1-14-10-15(2)22(16(3)11-14)23-18(25)12-20(28-24(23)26)17(4)13-29-21-9-7-6-8-19(21)27-5/h6-11,17,20,23H,12-13H2,1-5H3. The summed E-state index contributed by atoms with van der Waals surface area (Å²) in [6.45, 7) is 7.95. The number of esters is 1. The van der Waals surface area contributed by atoms with E-state index in [4.69, 9.17) is 9.47 Å². The van der Waals surface area contributed by atoms with E-state index in [0.717, 1.165) is 38.7 Å². The number of benzene rings is 2. The summed E-state index contributed by atoms with van der Waals surface area (Å²) in [6, 6.07) is 11.9. The summed E-state index contributed by atoms with van der Waals surface area (Å²) in [4.78, 5) is 26.8. The lowest BCUT2D eigenvalue weighted by Crippen LogP contribution is -2.41. The number of aryl methyl sites for hydroxylation is 3. The second kappa shape index (κ2) is 9.04. The van der Waals surface area contributed by atoms with Gasteiger partial charge in [-0.1, -0.05) is 36.8 Å². The molecular formula is C24H28O4S. The highest BCUT2D eigenvalue weighted by Crippen LogP contribution is 2.36. The first-order valence-corrected chi connectivity index (χ1v) is 10.9. The molecule has 1 saturated heterocycles. The predicted molar refractivity (Wildman–Crippen MR) is 116 cm³/mol. The molecule has 0 radical (unpaired) electrons. The first-order valence-electron chi connectivity index (χ1n) is 9.88. The highest BCUT2D eigenvalue weighted by molar-refractivity contribution is 7.99. The van der Waals surface area contributed by atoms with Crippen molar-refractivity contribution in [2.24, 2.45) is 5.92 Å². The maximum absolute atomic E-state index is 13.0. The van der Waals surface area contributed by atoms with Gasteiger partial charge in [0.1, 0.15) is 17.8 Å². The van der Waals surface area contributed by atoms with Crippen LogP contribution in [0.25, 0.3) is 0 Å². The summed E-state index contributed by atoms with van der Waals surface area (Å²) in [7, 11) is 1.65. The second-order valence-electron chi connectivity index (χ2n) is 7.83. The van der Waals surface area contributed by atoms with Crippen LogP contribution in [0.5, 0.6) is 5.75 Å². The number of cyclic esters (lactones) is 1. The van der Waals surface area contributed by atoms with Crippen molar-refractivity contribution >= 4 is 23.5 Å². The molecule has 1 aliphatic rings. The predicted octanol–water partition coefficient (Wildman–Crippen LogP) is 5.02. The Morgan fingerprint density at radius 2 is 1.79 bits per heavy atom. The van der Waals surface area contributed by atoms with Gasteiger partial charge in [0.2, 0.25) is 0 Å². The fourth-order valence-corrected chi connectivity index (χ4v) is 5.14. The lowest BCUT2D eigenvalue weighted by atomic mass is 9.82. The van der Waals surface area contributed by atoms with E-state index in [1.54, 1.807) is 18.9 Å². The molecular weight excluding hydrogens is 384 g/mol. The molecule has 29 heavy (non-hydrogen) atoms. The van der Waals surface area contributed by atoms with E-state index in [0.29, 0.717) is 0 Å². The third kappa shape index (κ3) is 4.67. The summed E-state index contributed by atoms with van der Waals surface area (Å²) < 4.78 is 11.2. The number of rotatable bonds is 6. The maximum Gasteiger partial charge on any atom is 0.321 e. The second-order valence-corrected chi connectivity index (χ2v) is 8.89. The monoisotopic (exact) mass is 412 g/mol. The summed E-state index contributed by atoms with van der Waals surface area (Å²) in [5.74, 6) is 0.344. The van der Waals surface area contributed by atoms with Gasteiger partial charge in [-0.05, 0) is 49.6 Å². The number of methoxy groups -OCH3 is 1. The number of carbonyl (C=O) groups is 2. The van der Waals surface area contributed by atoms with Gasteiger partial charge in [-0.2, -0.15) is 0 Å². The van der Waals surface area contributed by atoms with Crippen molar-refractivity contribution < 1.29 is 19.1 Å². The minimum atomic E-state index is -0.805. The molecule has 3 unspecified atom stereocenters. The zero-order valence-electron chi connectivity index (χ0n) is 17.7. The lowest BCUT2D eigenvalue weighted by Gasteiger charge is -2.32. The largest absolute Gasteiger partial charge is 0.496 e. The van der Waals surface area contributed by atoms with Crippen molar-refractivity contribution in [2.75, 3.05) is 12.9 Å². The summed E-state index contributed by atoms with van der Waals surface area (Å²) in [5, 5.41) is 0. The van der Waals surface area contributed by atoms with Crippen molar-refractivity contribution in [2.45, 2.75) is 51.0 Å². The van der Waals surface area contributed by atoms with Crippen LogP contribution >= 0.6 is 11.8 Å². The molecule has 2 aromatic carbocycles. The van der Waals surface area contributed by atoms with Gasteiger partial charge in [-0.3, -0.25) is 9.59 Å². The Morgan fingerprint density at radius 3 is 2.41 bits per heavy atom. The zero-order chi connectivity index (χ0) is 21.1. The number of ketones is 1. The quantitative estimate of drug-likeness (QED) is 0.379. The van der Waals surface area contributed by atoms with Crippen molar-refractivity contribution in [1.82, 2.24) is 0 Å². The molecule has 0 saturated carbocycles. The van der Waals surface area contributed by atoms with Gasteiger partial charge in [0.15, 0.2) is 5.78 Å². The van der Waals surface area contributed by atoms with E-state index in [9.17, 15) is 9.59 Å². The molecule has 0 N–H and O–H groups in total. The van der Waals surface area contributed by atoms with Crippen LogP contribution in [-0.4, -0.2) is 30.7 Å². The van der Waals surface area contributed by atoms with Crippen LogP contribution < -0.4 is 4.74 Å². The van der Waals surface area contributed by atoms with Crippen LogP contribution in [-0.2, 0) is 14.3 Å². The number of thioether (sulfide) groups is 1. The van der Waals surface area contributed by atoms with Gasteiger partial charge in [-0.25, -0.2) is 0 Å². The van der Waals surface area contributed by atoms with E-state index < -0.39 is 11.9 Å². The van der Waals surface area contributed by atoms with Crippen molar-refractivity contribution in [3.8, 4) is 5.75 Å². The summed E-state index contributed by atoms with van der Waals surface area (Å²) in [6.07, 6.45) is -0.129. The van der Waals surface area contributed by atoms with E-state index in [1.165, 1.54) is 0 Å². The molecule has 3 rings (SSSR count). The average molecular weight is 413 g/mol. The van der Waals surface area contributed by atoms with Crippen LogP contribution in [0, 0.1) is 26.7 Å². The Hall–Kier alpha value is -2.27. The Morgan fingerprint density at radius 1 is 1.14 bits per heavy atom. The van der Waals surface area contributed by atoms with Crippen molar-refractivity contribution in [1.29, 1.82) is 0 Å². The molecule has 0 spiro atoms. The van der Waals surface area contributed by atoms with Gasteiger partial charge < -0.3 is 9.47 Å². The smallest absolute Gasteiger partial charge is 0.321 e. The van der Waals surface area contributed by atoms with E-state index in [2.05, 4.69) is 0 Å². The molecule has 0 bridgehead atoms. The fourth-order valence-electron chi connectivity index (χ4n) is 4.02. The van der Waals surface area contributed by atoms with Crippen LogP contribution in [0.2, 0.25) is 0 Å². The highest BCUT2D eigenvalue weighted by Gasteiger charge is 2.41. The number of para-hydroxylation sites is 1. The Kier molecular flexibility index (Phi) is 6.68. The molecule has 1 fully saturated rings. The minimum absolute atomic E-state index is 0.0459. The number of hydrogen-bond acceptors (Lipinski definition) is 5. The van der Waals surface area contributed by atoms with Gasteiger partial charge in [0.25, 0.3) is 0 Å². The number of hydrogen-bond donors (Lipinski definition) is 0. The Bertz CT molecular complexity index is 880. The van der Waals surface area contributed by atoms with Crippen LogP contribution in [0.15, 0.2) is 41.3 Å². The van der Waals surface area contributed by atoms with Crippen LogP contribution in [0.1, 0.15) is 41.5 Å². The number of ether oxygens (including phenoxy) is 2. The normalized spacial score (nSPS) is 20.3. The molecule has 3 atom stereocenters. The maximum atomic E-state index is 13.0. The Labute approximate surface area is 177 Å².